The number of nitriles is 1. The number of carbonyl (C=O) groups is 3. The van der Waals surface area contributed by atoms with Crippen LogP contribution in [-0.4, -0.2) is 40.8 Å². The Morgan fingerprint density at radius 2 is 1.96 bits per heavy atom. The normalized spacial score (nSPS) is 14.4. The van der Waals surface area contributed by atoms with Gasteiger partial charge in [0.1, 0.15) is 11.6 Å². The van der Waals surface area contributed by atoms with Gasteiger partial charge in [-0.05, 0) is 31.9 Å². The summed E-state index contributed by atoms with van der Waals surface area (Å²) >= 11 is 0.970. The Balaban J connectivity index is 1.96. The number of thioether (sulfide) groups is 1. The van der Waals surface area contributed by atoms with Crippen molar-refractivity contribution >= 4 is 34.5 Å². The van der Waals surface area contributed by atoms with Crippen LogP contribution in [0.3, 0.4) is 0 Å². The number of anilines is 1. The molecule has 0 radical (unpaired) electrons. The Bertz CT molecular complexity index is 787. The molecule has 0 saturated carbocycles. The van der Waals surface area contributed by atoms with Crippen LogP contribution in [-0.2, 0) is 9.59 Å². The number of aryl methyl sites for hydroxylation is 3. The van der Waals surface area contributed by atoms with Gasteiger partial charge < -0.3 is 10.6 Å². The number of amides is 3. The molecule has 0 aromatic heterocycles. The van der Waals surface area contributed by atoms with Crippen molar-refractivity contribution in [2.75, 3.05) is 24.2 Å². The van der Waals surface area contributed by atoms with E-state index >= 15 is 0 Å². The van der Waals surface area contributed by atoms with E-state index in [1.807, 2.05) is 39.0 Å². The summed E-state index contributed by atoms with van der Waals surface area (Å²) in [4.78, 5) is 36.4. The van der Waals surface area contributed by atoms with Gasteiger partial charge in [0.05, 0.1) is 5.75 Å². The standard InChI is InChI=1S/C18H20N4O3S/c1-11-6-12(2)16(13(3)7-11)21-17(24)14(8-19)9-20-4-5-22-15(23)10-26-18(22)25/h6-7,9,20H,4-5,10H2,1-3H3,(H,21,24)/b14-9-. The summed E-state index contributed by atoms with van der Waals surface area (Å²) in [6.45, 7) is 6.22. The molecule has 1 aliphatic rings. The largest absolute Gasteiger partial charge is 0.388 e. The lowest BCUT2D eigenvalue weighted by atomic mass is 10.0. The minimum atomic E-state index is -0.515. The number of carbonyl (C=O) groups excluding carboxylic acids is 3. The molecule has 26 heavy (non-hydrogen) atoms. The van der Waals surface area contributed by atoms with Gasteiger partial charge in [-0.2, -0.15) is 5.26 Å². The summed E-state index contributed by atoms with van der Waals surface area (Å²) in [7, 11) is 0. The van der Waals surface area contributed by atoms with Crippen LogP contribution in [0.4, 0.5) is 10.5 Å². The maximum absolute atomic E-state index is 12.3. The average Bonchev–Trinajstić information content (AvgIpc) is 2.89. The van der Waals surface area contributed by atoms with Gasteiger partial charge in [0.25, 0.3) is 11.1 Å². The van der Waals surface area contributed by atoms with E-state index in [1.165, 1.54) is 6.20 Å². The maximum Gasteiger partial charge on any atom is 0.288 e. The number of nitrogens with zero attached hydrogens (tertiary/aromatic N) is 2. The fraction of sp³-hybridized carbons (Fsp3) is 0.333. The zero-order chi connectivity index (χ0) is 19.3. The Kier molecular flexibility index (Phi) is 6.41. The van der Waals surface area contributed by atoms with E-state index in [4.69, 9.17) is 0 Å². The summed E-state index contributed by atoms with van der Waals surface area (Å²) in [5, 5.41) is 14.5. The molecule has 0 spiro atoms. The molecule has 1 heterocycles. The van der Waals surface area contributed by atoms with Crippen molar-refractivity contribution in [3.8, 4) is 6.07 Å². The maximum atomic E-state index is 12.3. The first-order chi connectivity index (χ1) is 12.3. The first-order valence-corrected chi connectivity index (χ1v) is 9.02. The molecule has 1 aliphatic heterocycles. The Morgan fingerprint density at radius 3 is 2.50 bits per heavy atom. The molecule has 1 fully saturated rings. The minimum Gasteiger partial charge on any atom is -0.388 e. The quantitative estimate of drug-likeness (QED) is 0.451. The third-order valence-corrected chi connectivity index (χ3v) is 4.71. The van der Waals surface area contributed by atoms with E-state index in [-0.39, 0.29) is 35.6 Å². The second kappa shape index (κ2) is 8.54. The zero-order valence-electron chi connectivity index (χ0n) is 14.9. The SMILES string of the molecule is Cc1cc(C)c(NC(=O)/C(C#N)=C\NCCN2C(=O)CSC2=O)c(C)c1. The topological polar surface area (TPSA) is 102 Å². The monoisotopic (exact) mass is 372 g/mol. The number of benzene rings is 1. The van der Waals surface area contributed by atoms with Crippen LogP contribution >= 0.6 is 11.8 Å². The number of nitrogens with one attached hydrogen (secondary N) is 2. The molecule has 2 N–H and O–H groups in total. The predicted octanol–water partition coefficient (Wildman–Crippen LogP) is 2.24. The highest BCUT2D eigenvalue weighted by atomic mass is 32.2. The van der Waals surface area contributed by atoms with Crippen molar-refractivity contribution in [1.29, 1.82) is 5.26 Å². The molecule has 7 nitrogen and oxygen atoms in total. The molecule has 136 valence electrons. The van der Waals surface area contributed by atoms with Gasteiger partial charge >= 0.3 is 0 Å². The highest BCUT2D eigenvalue weighted by Gasteiger charge is 2.29. The Labute approximate surface area is 156 Å². The third-order valence-electron chi connectivity index (χ3n) is 3.85. The second-order valence-electron chi connectivity index (χ2n) is 5.95. The van der Waals surface area contributed by atoms with Gasteiger partial charge in [-0.15, -0.1) is 0 Å². The van der Waals surface area contributed by atoms with Gasteiger partial charge in [-0.25, -0.2) is 0 Å². The lowest BCUT2D eigenvalue weighted by molar-refractivity contribution is -0.124. The first kappa shape index (κ1) is 19.5. The van der Waals surface area contributed by atoms with Crippen molar-refractivity contribution in [3.63, 3.8) is 0 Å². The molecule has 0 bridgehead atoms. The van der Waals surface area contributed by atoms with Gasteiger partial charge in [-0.3, -0.25) is 19.3 Å². The first-order valence-electron chi connectivity index (χ1n) is 8.03. The summed E-state index contributed by atoms with van der Waals surface area (Å²) < 4.78 is 0. The molecule has 0 atom stereocenters. The van der Waals surface area contributed by atoms with Gasteiger partial charge in [-0.1, -0.05) is 29.5 Å². The number of imide groups is 1. The van der Waals surface area contributed by atoms with Crippen LogP contribution < -0.4 is 10.6 Å². The minimum absolute atomic E-state index is 0.0853. The van der Waals surface area contributed by atoms with E-state index in [0.29, 0.717) is 5.69 Å². The van der Waals surface area contributed by atoms with Crippen LogP contribution in [0, 0.1) is 32.1 Å². The van der Waals surface area contributed by atoms with Gasteiger partial charge in [0, 0.05) is 25.0 Å². The van der Waals surface area contributed by atoms with Gasteiger partial charge in [0.2, 0.25) is 5.91 Å². The van der Waals surface area contributed by atoms with E-state index in [2.05, 4.69) is 10.6 Å². The average molecular weight is 372 g/mol. The summed E-state index contributed by atoms with van der Waals surface area (Å²) in [5.74, 6) is -0.580. The number of rotatable bonds is 6. The van der Waals surface area contributed by atoms with Gasteiger partial charge in [0.15, 0.2) is 0 Å². The van der Waals surface area contributed by atoms with Crippen molar-refractivity contribution in [1.82, 2.24) is 10.2 Å². The van der Waals surface area contributed by atoms with E-state index < -0.39 is 5.91 Å². The van der Waals surface area contributed by atoms with Crippen molar-refractivity contribution in [2.24, 2.45) is 0 Å². The lowest BCUT2D eigenvalue weighted by Crippen LogP contribution is -2.34. The van der Waals surface area contributed by atoms with Crippen molar-refractivity contribution < 1.29 is 14.4 Å². The summed E-state index contributed by atoms with van der Waals surface area (Å²) in [6, 6.07) is 5.77. The fourth-order valence-electron chi connectivity index (χ4n) is 2.65. The van der Waals surface area contributed by atoms with Crippen LogP contribution in [0.2, 0.25) is 0 Å². The number of hydrogen-bond acceptors (Lipinski definition) is 6. The molecule has 2 rings (SSSR count). The predicted molar refractivity (Wildman–Crippen MR) is 101 cm³/mol. The van der Waals surface area contributed by atoms with E-state index in [1.54, 1.807) is 0 Å². The summed E-state index contributed by atoms with van der Waals surface area (Å²) in [6.07, 6.45) is 1.30. The molecule has 1 saturated heterocycles. The Morgan fingerprint density at radius 1 is 1.31 bits per heavy atom. The van der Waals surface area contributed by atoms with E-state index in [9.17, 15) is 19.6 Å². The van der Waals surface area contributed by atoms with Crippen LogP contribution in [0.1, 0.15) is 16.7 Å². The molecular formula is C18H20N4O3S. The van der Waals surface area contributed by atoms with Crippen LogP contribution in [0.25, 0.3) is 0 Å². The molecule has 0 unspecified atom stereocenters. The Hall–Kier alpha value is -2.79. The van der Waals surface area contributed by atoms with E-state index in [0.717, 1.165) is 33.4 Å². The van der Waals surface area contributed by atoms with Crippen molar-refractivity contribution in [3.05, 3.63) is 40.6 Å². The molecule has 1 aromatic rings. The molecule has 1 aromatic carbocycles. The highest BCUT2D eigenvalue weighted by molar-refractivity contribution is 8.14. The zero-order valence-corrected chi connectivity index (χ0v) is 15.7. The highest BCUT2D eigenvalue weighted by Crippen LogP contribution is 2.22. The fourth-order valence-corrected chi connectivity index (χ4v) is 3.41. The third kappa shape index (κ3) is 4.64. The van der Waals surface area contributed by atoms with Crippen LogP contribution in [0.15, 0.2) is 23.9 Å². The van der Waals surface area contributed by atoms with Crippen molar-refractivity contribution in [2.45, 2.75) is 20.8 Å². The second-order valence-corrected chi connectivity index (χ2v) is 6.88. The molecule has 8 heteroatoms. The lowest BCUT2D eigenvalue weighted by Gasteiger charge is -2.13. The molecule has 0 aliphatic carbocycles. The van der Waals surface area contributed by atoms with Crippen LogP contribution in [0.5, 0.6) is 0 Å². The number of hydrogen-bond donors (Lipinski definition) is 2. The summed E-state index contributed by atoms with van der Waals surface area (Å²) in [5.41, 5.74) is 3.54. The smallest absolute Gasteiger partial charge is 0.288 e. The molecular weight excluding hydrogens is 352 g/mol. The molecule has 3 amide bonds.